The molecule has 1 N–H and O–H groups in total. The van der Waals surface area contributed by atoms with E-state index in [4.69, 9.17) is 0 Å². The molecule has 0 spiro atoms. The monoisotopic (exact) mass is 354 g/mol. The minimum absolute atomic E-state index is 0.0340. The van der Waals surface area contributed by atoms with Gasteiger partial charge in [0.15, 0.2) is 0 Å². The van der Waals surface area contributed by atoms with Gasteiger partial charge in [-0.05, 0) is 45.4 Å². The fraction of sp³-hybridized carbons (Fsp3) is 0.750. The topological polar surface area (TPSA) is 84.3 Å². The van der Waals surface area contributed by atoms with Crippen molar-refractivity contribution in [3.05, 3.63) is 12.3 Å². The maximum absolute atomic E-state index is 12.5. The first-order valence-electron chi connectivity index (χ1n) is 8.74. The summed E-state index contributed by atoms with van der Waals surface area (Å²) >= 11 is 0. The van der Waals surface area contributed by atoms with Crippen molar-refractivity contribution in [3.8, 4) is 0 Å². The van der Waals surface area contributed by atoms with Crippen molar-refractivity contribution >= 4 is 21.7 Å². The molecule has 2 heterocycles. The Balaban J connectivity index is 1.58. The van der Waals surface area contributed by atoms with Crippen molar-refractivity contribution in [1.29, 1.82) is 0 Å². The molecule has 1 saturated heterocycles. The zero-order chi connectivity index (χ0) is 17.3. The van der Waals surface area contributed by atoms with Crippen LogP contribution in [0, 0.1) is 11.8 Å². The minimum Gasteiger partial charge on any atom is -0.311 e. The van der Waals surface area contributed by atoms with E-state index in [1.54, 1.807) is 13.1 Å². The van der Waals surface area contributed by atoms with Crippen LogP contribution in [0.4, 0.5) is 5.82 Å². The summed E-state index contributed by atoms with van der Waals surface area (Å²) in [6, 6.07) is 2.12. The third-order valence-corrected chi connectivity index (χ3v) is 7.08. The number of aromatic nitrogens is 2. The van der Waals surface area contributed by atoms with Gasteiger partial charge in [0.2, 0.25) is 15.9 Å². The normalized spacial score (nSPS) is 21.6. The quantitative estimate of drug-likeness (QED) is 0.845. The molecule has 0 radical (unpaired) electrons. The van der Waals surface area contributed by atoms with Crippen molar-refractivity contribution in [3.63, 3.8) is 0 Å². The van der Waals surface area contributed by atoms with Crippen LogP contribution in [0.25, 0.3) is 0 Å². The van der Waals surface area contributed by atoms with E-state index in [-0.39, 0.29) is 17.6 Å². The van der Waals surface area contributed by atoms with Crippen LogP contribution in [-0.4, -0.2) is 47.3 Å². The number of hydrogen-bond donors (Lipinski definition) is 1. The maximum atomic E-state index is 12.5. The third kappa shape index (κ3) is 3.64. The van der Waals surface area contributed by atoms with Gasteiger partial charge in [-0.1, -0.05) is 0 Å². The predicted octanol–water partition coefficient (Wildman–Crippen LogP) is 1.85. The molecule has 8 heteroatoms. The lowest BCUT2D eigenvalue weighted by Crippen LogP contribution is -2.42. The number of nitrogens with one attached hydrogen (secondary N) is 1. The number of carbonyl (C=O) groups excluding carboxylic acids is 1. The molecular weight excluding hydrogens is 328 g/mol. The van der Waals surface area contributed by atoms with Gasteiger partial charge >= 0.3 is 0 Å². The Hall–Kier alpha value is -1.41. The molecule has 1 saturated carbocycles. The average molecular weight is 354 g/mol. The van der Waals surface area contributed by atoms with E-state index >= 15 is 0 Å². The zero-order valence-electron chi connectivity index (χ0n) is 14.3. The number of hydrogen-bond acceptors (Lipinski definition) is 4. The number of sulfonamides is 1. The van der Waals surface area contributed by atoms with Gasteiger partial charge in [0.1, 0.15) is 5.82 Å². The van der Waals surface area contributed by atoms with Crippen LogP contribution in [0.3, 0.4) is 0 Å². The molecular formula is C16H26N4O3S. The SMILES string of the molecule is CCS(=O)(=O)N1CCC(C(=O)Nc2ccnn2C(C)C2CC2)CC1. The summed E-state index contributed by atoms with van der Waals surface area (Å²) in [6.45, 7) is 4.63. The summed E-state index contributed by atoms with van der Waals surface area (Å²) in [4.78, 5) is 12.5. The van der Waals surface area contributed by atoms with Crippen molar-refractivity contribution in [2.24, 2.45) is 11.8 Å². The largest absolute Gasteiger partial charge is 0.311 e. The highest BCUT2D eigenvalue weighted by Crippen LogP contribution is 2.40. The Morgan fingerprint density at radius 3 is 2.58 bits per heavy atom. The highest BCUT2D eigenvalue weighted by molar-refractivity contribution is 7.89. The second kappa shape index (κ2) is 6.84. The van der Waals surface area contributed by atoms with E-state index in [1.807, 2.05) is 10.7 Å². The van der Waals surface area contributed by atoms with Crippen LogP contribution in [0.1, 0.15) is 45.6 Å². The number of carbonyl (C=O) groups is 1. The summed E-state index contributed by atoms with van der Waals surface area (Å²) < 4.78 is 27.2. The molecule has 1 amide bonds. The second-order valence-electron chi connectivity index (χ2n) is 6.80. The lowest BCUT2D eigenvalue weighted by atomic mass is 9.97. The fourth-order valence-electron chi connectivity index (χ4n) is 3.32. The number of anilines is 1. The Morgan fingerprint density at radius 2 is 2.00 bits per heavy atom. The van der Waals surface area contributed by atoms with E-state index < -0.39 is 10.0 Å². The fourth-order valence-corrected chi connectivity index (χ4v) is 4.46. The van der Waals surface area contributed by atoms with Gasteiger partial charge in [0.05, 0.1) is 18.0 Å². The molecule has 1 aromatic heterocycles. The Labute approximate surface area is 143 Å². The lowest BCUT2D eigenvalue weighted by molar-refractivity contribution is -0.121. The summed E-state index contributed by atoms with van der Waals surface area (Å²) in [5.74, 6) is 1.33. The Morgan fingerprint density at radius 1 is 1.33 bits per heavy atom. The van der Waals surface area contributed by atoms with Crippen LogP contribution in [0.2, 0.25) is 0 Å². The molecule has 3 rings (SSSR count). The molecule has 1 unspecified atom stereocenters. The van der Waals surface area contributed by atoms with E-state index in [0.29, 0.717) is 37.9 Å². The van der Waals surface area contributed by atoms with Crippen LogP contribution in [-0.2, 0) is 14.8 Å². The first-order valence-corrected chi connectivity index (χ1v) is 10.4. The van der Waals surface area contributed by atoms with Crippen molar-refractivity contribution in [1.82, 2.24) is 14.1 Å². The molecule has 2 aliphatic rings. The van der Waals surface area contributed by atoms with Crippen molar-refractivity contribution in [2.45, 2.75) is 45.6 Å². The van der Waals surface area contributed by atoms with Gasteiger partial charge in [-0.25, -0.2) is 17.4 Å². The number of nitrogens with zero attached hydrogens (tertiary/aromatic N) is 3. The molecule has 134 valence electrons. The molecule has 0 aromatic carbocycles. The number of piperidine rings is 1. The van der Waals surface area contributed by atoms with Crippen molar-refractivity contribution in [2.75, 3.05) is 24.2 Å². The van der Waals surface area contributed by atoms with Gasteiger partial charge in [-0.3, -0.25) is 4.79 Å². The summed E-state index contributed by atoms with van der Waals surface area (Å²) in [7, 11) is -3.15. The molecule has 24 heavy (non-hydrogen) atoms. The average Bonchev–Trinajstić information content (AvgIpc) is 3.34. The smallest absolute Gasteiger partial charge is 0.228 e. The molecule has 0 bridgehead atoms. The van der Waals surface area contributed by atoms with E-state index in [2.05, 4.69) is 17.3 Å². The van der Waals surface area contributed by atoms with Crippen LogP contribution in [0.15, 0.2) is 12.3 Å². The second-order valence-corrected chi connectivity index (χ2v) is 9.06. The molecule has 2 fully saturated rings. The van der Waals surface area contributed by atoms with Gasteiger partial charge in [-0.2, -0.15) is 5.10 Å². The number of rotatable bonds is 6. The molecule has 1 atom stereocenters. The Kier molecular flexibility index (Phi) is 4.96. The molecule has 1 aliphatic carbocycles. The maximum Gasteiger partial charge on any atom is 0.228 e. The highest BCUT2D eigenvalue weighted by Gasteiger charge is 2.33. The third-order valence-electron chi connectivity index (χ3n) is 5.19. The highest BCUT2D eigenvalue weighted by atomic mass is 32.2. The van der Waals surface area contributed by atoms with Gasteiger partial charge in [0, 0.05) is 25.1 Å². The summed E-state index contributed by atoms with van der Waals surface area (Å²) in [6.07, 6.45) is 5.29. The first kappa shape index (κ1) is 17.4. The van der Waals surface area contributed by atoms with Crippen molar-refractivity contribution < 1.29 is 13.2 Å². The van der Waals surface area contributed by atoms with E-state index in [1.165, 1.54) is 17.1 Å². The molecule has 1 aliphatic heterocycles. The van der Waals surface area contributed by atoms with E-state index in [9.17, 15) is 13.2 Å². The standard InChI is InChI=1S/C16H26N4O3S/c1-3-24(22,23)19-10-7-14(8-11-19)16(21)18-15-6-9-17-20(15)12(2)13-4-5-13/h6,9,12-14H,3-5,7-8,10-11H2,1-2H3,(H,18,21). The van der Waals surface area contributed by atoms with Gasteiger partial charge in [0.25, 0.3) is 0 Å². The summed E-state index contributed by atoms with van der Waals surface area (Å²) in [5.41, 5.74) is 0. The minimum atomic E-state index is -3.15. The van der Waals surface area contributed by atoms with Gasteiger partial charge < -0.3 is 5.32 Å². The first-order chi connectivity index (χ1) is 11.4. The zero-order valence-corrected chi connectivity index (χ0v) is 15.1. The molecule has 7 nitrogen and oxygen atoms in total. The lowest BCUT2D eigenvalue weighted by Gasteiger charge is -2.30. The predicted molar refractivity (Wildman–Crippen MR) is 92.0 cm³/mol. The number of amides is 1. The van der Waals surface area contributed by atoms with Crippen LogP contribution >= 0.6 is 0 Å². The summed E-state index contributed by atoms with van der Waals surface area (Å²) in [5, 5.41) is 7.33. The van der Waals surface area contributed by atoms with Crippen LogP contribution in [0.5, 0.6) is 0 Å². The van der Waals surface area contributed by atoms with Gasteiger partial charge in [-0.15, -0.1) is 0 Å². The molecule has 1 aromatic rings. The Bertz CT molecular complexity index is 688. The van der Waals surface area contributed by atoms with E-state index in [0.717, 1.165) is 5.82 Å². The van der Waals surface area contributed by atoms with Crippen LogP contribution < -0.4 is 5.32 Å².